The molecule has 0 bridgehead atoms. The molecule has 1 aromatic heterocycles. The first kappa shape index (κ1) is 12.8. The van der Waals surface area contributed by atoms with Gasteiger partial charge in [0.1, 0.15) is 0 Å². The largest absolute Gasteiger partial charge is 0.337 e. The molecular formula is C14H16BrN3O. The quantitative estimate of drug-likeness (QED) is 0.943. The Bertz CT molecular complexity index is 558. The van der Waals surface area contributed by atoms with E-state index in [-0.39, 0.29) is 0 Å². The summed E-state index contributed by atoms with van der Waals surface area (Å²) in [7, 11) is 0. The number of nitrogens with two attached hydrogens (primary N) is 1. The van der Waals surface area contributed by atoms with Crippen molar-refractivity contribution in [3.63, 3.8) is 0 Å². The molecule has 0 radical (unpaired) electrons. The second-order valence-electron chi connectivity index (χ2n) is 5.18. The molecule has 5 heteroatoms. The first-order valence-corrected chi connectivity index (χ1v) is 7.31. The Morgan fingerprint density at radius 3 is 2.58 bits per heavy atom. The van der Waals surface area contributed by atoms with Crippen LogP contribution in [-0.4, -0.2) is 10.1 Å². The third kappa shape index (κ3) is 2.72. The molecule has 1 aromatic carbocycles. The van der Waals surface area contributed by atoms with Crippen LogP contribution >= 0.6 is 15.9 Å². The first-order valence-electron chi connectivity index (χ1n) is 6.52. The van der Waals surface area contributed by atoms with Crippen LogP contribution in [-0.2, 0) is 12.0 Å². The van der Waals surface area contributed by atoms with E-state index >= 15 is 0 Å². The maximum absolute atomic E-state index is 6.30. The van der Waals surface area contributed by atoms with Crippen molar-refractivity contribution in [3.8, 4) is 0 Å². The molecule has 1 aliphatic carbocycles. The number of rotatable bonds is 3. The molecule has 0 atom stereocenters. The van der Waals surface area contributed by atoms with Gasteiger partial charge < -0.3 is 10.3 Å². The molecule has 0 aliphatic heterocycles. The van der Waals surface area contributed by atoms with Crippen molar-refractivity contribution in [2.75, 3.05) is 0 Å². The number of hydrogen-bond donors (Lipinski definition) is 1. The van der Waals surface area contributed by atoms with Crippen molar-refractivity contribution >= 4 is 15.9 Å². The lowest BCUT2D eigenvalue weighted by Gasteiger charge is -2.17. The van der Waals surface area contributed by atoms with Crippen LogP contribution in [0.15, 0.2) is 33.3 Å². The molecule has 2 aromatic rings. The summed E-state index contributed by atoms with van der Waals surface area (Å²) in [5.41, 5.74) is 7.07. The molecular weight excluding hydrogens is 306 g/mol. The van der Waals surface area contributed by atoms with Gasteiger partial charge in [-0.25, -0.2) is 0 Å². The molecule has 4 nitrogen and oxygen atoms in total. The molecule has 1 aliphatic rings. The Morgan fingerprint density at radius 2 is 1.89 bits per heavy atom. The summed E-state index contributed by atoms with van der Waals surface area (Å²) >= 11 is 3.42. The van der Waals surface area contributed by atoms with Gasteiger partial charge in [-0.15, -0.1) is 0 Å². The van der Waals surface area contributed by atoms with Crippen molar-refractivity contribution in [2.45, 2.75) is 37.6 Å². The van der Waals surface area contributed by atoms with Crippen molar-refractivity contribution in [2.24, 2.45) is 5.73 Å². The van der Waals surface area contributed by atoms with Crippen LogP contribution in [0.1, 0.15) is 43.0 Å². The van der Waals surface area contributed by atoms with Gasteiger partial charge in [-0.3, -0.25) is 0 Å². The smallest absolute Gasteiger partial charge is 0.246 e. The van der Waals surface area contributed by atoms with Gasteiger partial charge in [0.2, 0.25) is 5.89 Å². The topological polar surface area (TPSA) is 64.9 Å². The Hall–Kier alpha value is -1.20. The molecule has 3 rings (SSSR count). The molecule has 100 valence electrons. The molecule has 0 spiro atoms. The van der Waals surface area contributed by atoms with Gasteiger partial charge in [0.05, 0.1) is 5.54 Å². The van der Waals surface area contributed by atoms with Crippen LogP contribution < -0.4 is 5.73 Å². The Kier molecular flexibility index (Phi) is 3.41. The zero-order chi connectivity index (χ0) is 13.3. The fraction of sp³-hybridized carbons (Fsp3) is 0.429. The maximum atomic E-state index is 6.30. The standard InChI is InChI=1S/C14H16BrN3O/c15-11-5-3-10(4-6-11)9-12-17-13(19-18-12)14(16)7-1-2-8-14/h3-6H,1-2,7-9,16H2. The minimum absolute atomic E-state index is 0.398. The summed E-state index contributed by atoms with van der Waals surface area (Å²) in [6.45, 7) is 0. The molecule has 1 heterocycles. The molecule has 0 amide bonds. The van der Waals surface area contributed by atoms with E-state index in [1.807, 2.05) is 24.3 Å². The first-order chi connectivity index (χ1) is 9.16. The van der Waals surface area contributed by atoms with Gasteiger partial charge in [-0.05, 0) is 30.5 Å². The Labute approximate surface area is 120 Å². The van der Waals surface area contributed by atoms with E-state index in [0.717, 1.165) is 35.7 Å². The van der Waals surface area contributed by atoms with Gasteiger partial charge in [-0.1, -0.05) is 46.1 Å². The summed E-state index contributed by atoms with van der Waals surface area (Å²) < 4.78 is 6.42. The minimum atomic E-state index is -0.398. The van der Waals surface area contributed by atoms with Crippen LogP contribution in [0.5, 0.6) is 0 Å². The van der Waals surface area contributed by atoms with Gasteiger partial charge >= 0.3 is 0 Å². The zero-order valence-electron chi connectivity index (χ0n) is 10.6. The number of benzene rings is 1. The summed E-state index contributed by atoms with van der Waals surface area (Å²) in [5, 5.41) is 4.05. The second kappa shape index (κ2) is 5.06. The predicted molar refractivity (Wildman–Crippen MR) is 75.6 cm³/mol. The lowest BCUT2D eigenvalue weighted by molar-refractivity contribution is 0.284. The van der Waals surface area contributed by atoms with E-state index in [2.05, 4.69) is 26.1 Å². The lowest BCUT2D eigenvalue weighted by Crippen LogP contribution is -2.33. The third-order valence-electron chi connectivity index (χ3n) is 3.67. The minimum Gasteiger partial charge on any atom is -0.337 e. The summed E-state index contributed by atoms with van der Waals surface area (Å²) in [6, 6.07) is 8.12. The molecule has 0 saturated heterocycles. The molecule has 19 heavy (non-hydrogen) atoms. The highest BCUT2D eigenvalue weighted by molar-refractivity contribution is 9.10. The van der Waals surface area contributed by atoms with Crippen molar-refractivity contribution < 1.29 is 4.52 Å². The fourth-order valence-corrected chi connectivity index (χ4v) is 2.80. The normalized spacial score (nSPS) is 17.8. The van der Waals surface area contributed by atoms with E-state index in [4.69, 9.17) is 10.3 Å². The van der Waals surface area contributed by atoms with E-state index in [1.54, 1.807) is 0 Å². The van der Waals surface area contributed by atoms with Crippen LogP contribution in [0.25, 0.3) is 0 Å². The summed E-state index contributed by atoms with van der Waals surface area (Å²) in [4.78, 5) is 4.47. The van der Waals surface area contributed by atoms with E-state index < -0.39 is 5.54 Å². The van der Waals surface area contributed by atoms with Gasteiger partial charge in [-0.2, -0.15) is 4.98 Å². The summed E-state index contributed by atoms with van der Waals surface area (Å²) in [6.07, 6.45) is 4.83. The van der Waals surface area contributed by atoms with Gasteiger partial charge in [0.15, 0.2) is 5.82 Å². The number of nitrogens with zero attached hydrogens (tertiary/aromatic N) is 2. The monoisotopic (exact) mass is 321 g/mol. The summed E-state index contributed by atoms with van der Waals surface area (Å²) in [5.74, 6) is 1.30. The van der Waals surface area contributed by atoms with E-state index in [9.17, 15) is 0 Å². The van der Waals surface area contributed by atoms with Crippen LogP contribution in [0.4, 0.5) is 0 Å². The highest BCUT2D eigenvalue weighted by Gasteiger charge is 2.36. The van der Waals surface area contributed by atoms with Gasteiger partial charge in [0.25, 0.3) is 0 Å². The Balaban J connectivity index is 1.76. The maximum Gasteiger partial charge on any atom is 0.246 e. The van der Waals surface area contributed by atoms with Crippen LogP contribution in [0.3, 0.4) is 0 Å². The number of aromatic nitrogens is 2. The molecule has 1 fully saturated rings. The molecule has 1 saturated carbocycles. The predicted octanol–water partition coefficient (Wildman–Crippen LogP) is 3.15. The van der Waals surface area contributed by atoms with E-state index in [1.165, 1.54) is 0 Å². The fourth-order valence-electron chi connectivity index (χ4n) is 2.53. The third-order valence-corrected chi connectivity index (χ3v) is 4.19. The average Bonchev–Trinajstić information content (AvgIpc) is 3.02. The van der Waals surface area contributed by atoms with Crippen molar-refractivity contribution in [3.05, 3.63) is 46.0 Å². The zero-order valence-corrected chi connectivity index (χ0v) is 12.2. The average molecular weight is 322 g/mol. The van der Waals surface area contributed by atoms with Crippen LogP contribution in [0.2, 0.25) is 0 Å². The van der Waals surface area contributed by atoms with E-state index in [0.29, 0.717) is 18.1 Å². The van der Waals surface area contributed by atoms with Crippen LogP contribution in [0, 0.1) is 0 Å². The number of halogens is 1. The molecule has 0 unspecified atom stereocenters. The second-order valence-corrected chi connectivity index (χ2v) is 6.10. The molecule has 2 N–H and O–H groups in total. The SMILES string of the molecule is NC1(c2nc(Cc3ccc(Br)cc3)no2)CCCC1. The highest BCUT2D eigenvalue weighted by atomic mass is 79.9. The van der Waals surface area contributed by atoms with Gasteiger partial charge in [0, 0.05) is 10.9 Å². The van der Waals surface area contributed by atoms with Crippen molar-refractivity contribution in [1.82, 2.24) is 10.1 Å². The van der Waals surface area contributed by atoms with Crippen molar-refractivity contribution in [1.29, 1.82) is 0 Å². The highest BCUT2D eigenvalue weighted by Crippen LogP contribution is 2.35. The Morgan fingerprint density at radius 1 is 1.21 bits per heavy atom. The lowest BCUT2D eigenvalue weighted by atomic mass is 9.99. The number of hydrogen-bond acceptors (Lipinski definition) is 4.